The Kier molecular flexibility index (Phi) is 6.25. The zero-order valence-corrected chi connectivity index (χ0v) is 26.7. The van der Waals surface area contributed by atoms with Crippen LogP contribution in [0.25, 0.3) is 98.8 Å². The van der Waals surface area contributed by atoms with Gasteiger partial charge < -0.3 is 4.42 Å². The molecule has 1 heterocycles. The van der Waals surface area contributed by atoms with Gasteiger partial charge in [0, 0.05) is 10.8 Å². The fraction of sp³-hybridized carbons (Fsp3) is 0. The molecule has 0 spiro atoms. The van der Waals surface area contributed by atoms with Crippen LogP contribution in [0.1, 0.15) is 0 Å². The Balaban J connectivity index is 1.32. The molecule has 0 amide bonds. The van der Waals surface area contributed by atoms with Crippen molar-refractivity contribution in [2.45, 2.75) is 0 Å². The van der Waals surface area contributed by atoms with Crippen LogP contribution < -0.4 is 0 Å². The van der Waals surface area contributed by atoms with Gasteiger partial charge in [0.15, 0.2) is 0 Å². The summed E-state index contributed by atoms with van der Waals surface area (Å²) in [6.45, 7) is 0. The van der Waals surface area contributed by atoms with E-state index in [0.29, 0.717) is 0 Å². The van der Waals surface area contributed by atoms with E-state index in [0.717, 1.165) is 27.5 Å². The van der Waals surface area contributed by atoms with E-state index in [4.69, 9.17) is 4.42 Å². The standard InChI is InChI=1S/C48H30O/c1-2-15-32(16-3-1)42-30-46-43(36-19-12-13-25-45(36)49-46)29-44(42)48-40-23-10-8-21-38(40)47(39-22-9-11-24-41(39)48)37-20-7-6-18-35(37)34-27-26-31-14-4-5-17-33(31)28-34/h1-30H. The second-order valence-electron chi connectivity index (χ2n) is 12.8. The third-order valence-electron chi connectivity index (χ3n) is 10.1. The lowest BCUT2D eigenvalue weighted by Gasteiger charge is -2.21. The first-order valence-corrected chi connectivity index (χ1v) is 16.8. The topological polar surface area (TPSA) is 13.1 Å². The third-order valence-corrected chi connectivity index (χ3v) is 10.1. The van der Waals surface area contributed by atoms with Gasteiger partial charge in [-0.15, -0.1) is 0 Å². The van der Waals surface area contributed by atoms with Gasteiger partial charge in [-0.1, -0.05) is 158 Å². The van der Waals surface area contributed by atoms with E-state index in [-0.39, 0.29) is 0 Å². The average molecular weight is 623 g/mol. The molecule has 0 atom stereocenters. The molecule has 0 saturated heterocycles. The molecule has 0 aliphatic heterocycles. The van der Waals surface area contributed by atoms with Gasteiger partial charge in [-0.3, -0.25) is 0 Å². The maximum Gasteiger partial charge on any atom is 0.136 e. The molecular formula is C48H30O. The fourth-order valence-electron chi connectivity index (χ4n) is 7.85. The number of hydrogen-bond acceptors (Lipinski definition) is 1. The number of furan rings is 1. The minimum atomic E-state index is 0.901. The van der Waals surface area contributed by atoms with Crippen molar-refractivity contribution >= 4 is 54.3 Å². The Hall–Kier alpha value is -6.44. The Bertz CT molecular complexity index is 2820. The van der Waals surface area contributed by atoms with E-state index < -0.39 is 0 Å². The summed E-state index contributed by atoms with van der Waals surface area (Å²) >= 11 is 0. The summed E-state index contributed by atoms with van der Waals surface area (Å²) in [4.78, 5) is 0. The van der Waals surface area contributed by atoms with Crippen molar-refractivity contribution in [2.75, 3.05) is 0 Å². The molecule has 0 bridgehead atoms. The smallest absolute Gasteiger partial charge is 0.136 e. The van der Waals surface area contributed by atoms with Crippen molar-refractivity contribution in [1.82, 2.24) is 0 Å². The SMILES string of the molecule is c1ccc(-c2cc3oc4ccccc4c3cc2-c2c3ccccc3c(-c3ccccc3-c3ccc4ccccc4c3)c3ccccc23)cc1. The average Bonchev–Trinajstić information content (AvgIpc) is 3.54. The molecule has 1 aromatic heterocycles. The van der Waals surface area contributed by atoms with Crippen LogP contribution in [0.4, 0.5) is 0 Å². The lowest BCUT2D eigenvalue weighted by molar-refractivity contribution is 0.669. The molecule has 1 heteroatoms. The Morgan fingerprint density at radius 1 is 0.265 bits per heavy atom. The summed E-state index contributed by atoms with van der Waals surface area (Å²) in [5.74, 6) is 0. The third kappa shape index (κ3) is 4.40. The predicted octanol–water partition coefficient (Wildman–Crippen LogP) is 13.7. The molecule has 0 saturated carbocycles. The molecule has 10 aromatic rings. The van der Waals surface area contributed by atoms with Gasteiger partial charge in [-0.05, 0) is 101 Å². The molecule has 228 valence electrons. The van der Waals surface area contributed by atoms with E-state index in [2.05, 4.69) is 176 Å². The highest BCUT2D eigenvalue weighted by atomic mass is 16.3. The summed E-state index contributed by atoms with van der Waals surface area (Å²) in [6.07, 6.45) is 0. The van der Waals surface area contributed by atoms with Crippen molar-refractivity contribution in [3.05, 3.63) is 182 Å². The van der Waals surface area contributed by atoms with Crippen LogP contribution in [-0.4, -0.2) is 0 Å². The van der Waals surface area contributed by atoms with Gasteiger partial charge in [0.25, 0.3) is 0 Å². The molecule has 0 fully saturated rings. The van der Waals surface area contributed by atoms with E-state index in [9.17, 15) is 0 Å². The zero-order chi connectivity index (χ0) is 32.3. The molecule has 0 unspecified atom stereocenters. The van der Waals surface area contributed by atoms with Crippen LogP contribution in [0.3, 0.4) is 0 Å². The summed E-state index contributed by atoms with van der Waals surface area (Å²) in [6, 6.07) is 65.9. The first-order chi connectivity index (χ1) is 24.3. The van der Waals surface area contributed by atoms with Gasteiger partial charge in [-0.25, -0.2) is 0 Å². The normalized spacial score (nSPS) is 11.7. The summed E-state index contributed by atoms with van der Waals surface area (Å²) in [7, 11) is 0. The van der Waals surface area contributed by atoms with Gasteiger partial charge >= 0.3 is 0 Å². The van der Waals surface area contributed by atoms with E-state index in [1.165, 1.54) is 71.3 Å². The summed E-state index contributed by atoms with van der Waals surface area (Å²) in [5, 5.41) is 9.69. The Morgan fingerprint density at radius 3 is 1.53 bits per heavy atom. The molecule has 0 N–H and O–H groups in total. The Morgan fingerprint density at radius 2 is 0.816 bits per heavy atom. The maximum absolute atomic E-state index is 6.44. The Labute approximate surface area is 284 Å². The fourth-order valence-corrected chi connectivity index (χ4v) is 7.85. The highest BCUT2D eigenvalue weighted by molar-refractivity contribution is 6.24. The summed E-state index contributed by atoms with van der Waals surface area (Å²) < 4.78 is 6.44. The van der Waals surface area contributed by atoms with E-state index in [1.807, 2.05) is 6.07 Å². The molecule has 0 aliphatic carbocycles. The van der Waals surface area contributed by atoms with E-state index in [1.54, 1.807) is 0 Å². The minimum Gasteiger partial charge on any atom is -0.456 e. The number of para-hydroxylation sites is 1. The van der Waals surface area contributed by atoms with Gasteiger partial charge in [0.1, 0.15) is 11.2 Å². The van der Waals surface area contributed by atoms with Gasteiger partial charge in [0.05, 0.1) is 0 Å². The van der Waals surface area contributed by atoms with Crippen LogP contribution >= 0.6 is 0 Å². The minimum absolute atomic E-state index is 0.901. The van der Waals surface area contributed by atoms with Crippen molar-refractivity contribution in [3.8, 4) is 44.5 Å². The van der Waals surface area contributed by atoms with Crippen LogP contribution in [0, 0.1) is 0 Å². The van der Waals surface area contributed by atoms with Crippen molar-refractivity contribution in [2.24, 2.45) is 0 Å². The van der Waals surface area contributed by atoms with Crippen molar-refractivity contribution in [1.29, 1.82) is 0 Å². The predicted molar refractivity (Wildman–Crippen MR) is 208 cm³/mol. The highest BCUT2D eigenvalue weighted by Crippen LogP contribution is 2.49. The molecular weight excluding hydrogens is 593 g/mol. The van der Waals surface area contributed by atoms with Crippen molar-refractivity contribution < 1.29 is 4.42 Å². The second kappa shape index (κ2) is 11.1. The first kappa shape index (κ1) is 27.7. The number of hydrogen-bond donors (Lipinski definition) is 0. The van der Waals surface area contributed by atoms with Crippen LogP contribution in [-0.2, 0) is 0 Å². The van der Waals surface area contributed by atoms with E-state index >= 15 is 0 Å². The summed E-state index contributed by atoms with van der Waals surface area (Å²) in [5.41, 5.74) is 11.5. The molecule has 9 aromatic carbocycles. The van der Waals surface area contributed by atoms with Crippen molar-refractivity contribution in [3.63, 3.8) is 0 Å². The molecule has 49 heavy (non-hydrogen) atoms. The largest absolute Gasteiger partial charge is 0.456 e. The number of fused-ring (bicyclic) bond motifs is 6. The zero-order valence-electron chi connectivity index (χ0n) is 26.7. The van der Waals surface area contributed by atoms with Crippen LogP contribution in [0.5, 0.6) is 0 Å². The van der Waals surface area contributed by atoms with Crippen LogP contribution in [0.15, 0.2) is 186 Å². The molecule has 0 aliphatic rings. The first-order valence-electron chi connectivity index (χ1n) is 16.8. The molecule has 1 nitrogen and oxygen atoms in total. The van der Waals surface area contributed by atoms with Gasteiger partial charge in [-0.2, -0.15) is 0 Å². The number of rotatable bonds is 4. The molecule has 0 radical (unpaired) electrons. The maximum atomic E-state index is 6.44. The quantitative estimate of drug-likeness (QED) is 0.178. The molecule has 10 rings (SSSR count). The lowest BCUT2D eigenvalue weighted by Crippen LogP contribution is -1.94. The lowest BCUT2D eigenvalue weighted by atomic mass is 9.82. The highest BCUT2D eigenvalue weighted by Gasteiger charge is 2.22. The number of benzene rings is 9. The van der Waals surface area contributed by atoms with Gasteiger partial charge in [0.2, 0.25) is 0 Å². The monoisotopic (exact) mass is 622 g/mol. The second-order valence-corrected chi connectivity index (χ2v) is 12.8. The van der Waals surface area contributed by atoms with Crippen LogP contribution in [0.2, 0.25) is 0 Å².